The topological polar surface area (TPSA) is 95.3 Å². The van der Waals surface area contributed by atoms with Crippen molar-refractivity contribution < 1.29 is 32.2 Å². The standard InChI is InChI=1S/C23H23F3N4O4S2/c1-3-33-21(32)19-15-8-5-9-16(15)36-20(19)27-18(31)12-35-22-29-28-17(30(22)2)11-34-14-7-4-6-13(10-14)23(24,25)26/h4,6-7,10H,3,5,8-9,11-12H2,1-2H3,(H,27,31). The van der Waals surface area contributed by atoms with E-state index in [-0.39, 0.29) is 30.6 Å². The first-order valence-corrected chi connectivity index (χ1v) is 12.9. The van der Waals surface area contributed by atoms with Crippen LogP contribution in [0.3, 0.4) is 0 Å². The second kappa shape index (κ2) is 10.9. The first-order valence-electron chi connectivity index (χ1n) is 11.1. The Morgan fingerprint density at radius 3 is 2.81 bits per heavy atom. The van der Waals surface area contributed by atoms with Gasteiger partial charge in [-0.3, -0.25) is 4.79 Å². The van der Waals surface area contributed by atoms with Crippen LogP contribution in [0.2, 0.25) is 0 Å². The number of nitrogens with zero attached hydrogens (tertiary/aromatic N) is 3. The van der Waals surface area contributed by atoms with Crippen LogP contribution in [-0.4, -0.2) is 39.0 Å². The molecule has 0 unspecified atom stereocenters. The predicted molar refractivity (Wildman–Crippen MR) is 128 cm³/mol. The van der Waals surface area contributed by atoms with Gasteiger partial charge in [-0.15, -0.1) is 21.5 Å². The van der Waals surface area contributed by atoms with Crippen molar-refractivity contribution in [2.45, 2.75) is 44.1 Å². The van der Waals surface area contributed by atoms with E-state index in [1.54, 1.807) is 18.5 Å². The zero-order chi connectivity index (χ0) is 25.9. The molecule has 0 atom stereocenters. The summed E-state index contributed by atoms with van der Waals surface area (Å²) in [6.07, 6.45) is -1.82. The molecule has 0 saturated carbocycles. The third-order valence-electron chi connectivity index (χ3n) is 5.44. The van der Waals surface area contributed by atoms with Crippen molar-refractivity contribution in [3.8, 4) is 5.75 Å². The van der Waals surface area contributed by atoms with E-state index in [0.29, 0.717) is 21.5 Å². The zero-order valence-corrected chi connectivity index (χ0v) is 21.1. The van der Waals surface area contributed by atoms with Gasteiger partial charge in [-0.25, -0.2) is 4.79 Å². The van der Waals surface area contributed by atoms with Crippen molar-refractivity contribution in [2.75, 3.05) is 17.7 Å². The molecular formula is C23H23F3N4O4S2. The number of aromatic nitrogens is 3. The van der Waals surface area contributed by atoms with Crippen LogP contribution in [0.5, 0.6) is 5.75 Å². The van der Waals surface area contributed by atoms with Crippen molar-refractivity contribution in [3.63, 3.8) is 0 Å². The zero-order valence-electron chi connectivity index (χ0n) is 19.5. The van der Waals surface area contributed by atoms with E-state index >= 15 is 0 Å². The number of hydrogen-bond donors (Lipinski definition) is 1. The predicted octanol–water partition coefficient (Wildman–Crippen LogP) is 4.87. The highest BCUT2D eigenvalue weighted by Gasteiger charge is 2.31. The molecule has 1 N–H and O–H groups in total. The molecule has 13 heteroatoms. The summed E-state index contributed by atoms with van der Waals surface area (Å²) in [5, 5.41) is 11.8. The lowest BCUT2D eigenvalue weighted by atomic mass is 10.1. The van der Waals surface area contributed by atoms with Gasteiger partial charge in [-0.1, -0.05) is 17.8 Å². The lowest BCUT2D eigenvalue weighted by Gasteiger charge is -2.10. The molecule has 3 aromatic rings. The van der Waals surface area contributed by atoms with Crippen LogP contribution in [0.25, 0.3) is 0 Å². The van der Waals surface area contributed by atoms with Crippen LogP contribution >= 0.6 is 23.1 Å². The highest BCUT2D eigenvalue weighted by molar-refractivity contribution is 7.99. The number of thiophene rings is 1. The van der Waals surface area contributed by atoms with Gasteiger partial charge in [0.25, 0.3) is 0 Å². The fraction of sp³-hybridized carbons (Fsp3) is 0.391. The number of benzene rings is 1. The van der Waals surface area contributed by atoms with E-state index in [1.807, 2.05) is 0 Å². The average molecular weight is 541 g/mol. The molecule has 1 aromatic carbocycles. The highest BCUT2D eigenvalue weighted by atomic mass is 32.2. The summed E-state index contributed by atoms with van der Waals surface area (Å²) >= 11 is 2.54. The number of carbonyl (C=O) groups is 2. The van der Waals surface area contributed by atoms with E-state index in [0.717, 1.165) is 53.6 Å². The molecular weight excluding hydrogens is 517 g/mol. The number of esters is 1. The molecule has 8 nitrogen and oxygen atoms in total. The van der Waals surface area contributed by atoms with Crippen LogP contribution in [-0.2, 0) is 42.2 Å². The molecule has 1 aliphatic rings. The minimum Gasteiger partial charge on any atom is -0.486 e. The number of anilines is 1. The maximum Gasteiger partial charge on any atom is 0.416 e. The fourth-order valence-corrected chi connectivity index (χ4v) is 5.73. The van der Waals surface area contributed by atoms with Crippen molar-refractivity contribution in [1.29, 1.82) is 0 Å². The number of amides is 1. The minimum atomic E-state index is -4.46. The molecule has 4 rings (SSSR count). The Morgan fingerprint density at radius 2 is 2.06 bits per heavy atom. The van der Waals surface area contributed by atoms with Gasteiger partial charge in [0.15, 0.2) is 11.0 Å². The third kappa shape index (κ3) is 5.84. The molecule has 2 heterocycles. The van der Waals surface area contributed by atoms with Gasteiger partial charge in [0.05, 0.1) is 23.5 Å². The summed E-state index contributed by atoms with van der Waals surface area (Å²) in [5.41, 5.74) is 0.600. The number of halogens is 3. The lowest BCUT2D eigenvalue weighted by Crippen LogP contribution is -2.17. The lowest BCUT2D eigenvalue weighted by molar-refractivity contribution is -0.137. The summed E-state index contributed by atoms with van der Waals surface area (Å²) in [6.45, 7) is 1.89. The van der Waals surface area contributed by atoms with Gasteiger partial charge in [0.2, 0.25) is 5.91 Å². The van der Waals surface area contributed by atoms with Gasteiger partial charge in [-0.2, -0.15) is 13.2 Å². The molecule has 1 aliphatic carbocycles. The Labute approximate surface area is 213 Å². The molecule has 0 saturated heterocycles. The fourth-order valence-electron chi connectivity index (χ4n) is 3.71. The number of thioether (sulfide) groups is 1. The highest BCUT2D eigenvalue weighted by Crippen LogP contribution is 2.39. The second-order valence-electron chi connectivity index (χ2n) is 7.89. The molecule has 36 heavy (non-hydrogen) atoms. The van der Waals surface area contributed by atoms with E-state index in [1.165, 1.54) is 23.5 Å². The minimum absolute atomic E-state index is 0.0191. The van der Waals surface area contributed by atoms with Crippen molar-refractivity contribution >= 4 is 40.0 Å². The number of rotatable bonds is 9. The van der Waals surface area contributed by atoms with E-state index in [4.69, 9.17) is 9.47 Å². The maximum atomic E-state index is 12.9. The van der Waals surface area contributed by atoms with Crippen LogP contribution in [0, 0.1) is 0 Å². The Balaban J connectivity index is 1.35. The molecule has 0 aliphatic heterocycles. The van der Waals surface area contributed by atoms with E-state index in [2.05, 4.69) is 15.5 Å². The first-order chi connectivity index (χ1) is 17.2. The number of hydrogen-bond acceptors (Lipinski definition) is 8. The number of alkyl halides is 3. The summed E-state index contributed by atoms with van der Waals surface area (Å²) in [6, 6.07) is 4.58. The Kier molecular flexibility index (Phi) is 7.88. The molecule has 0 bridgehead atoms. The van der Waals surface area contributed by atoms with Crippen molar-refractivity contribution in [3.05, 3.63) is 51.7 Å². The van der Waals surface area contributed by atoms with E-state index < -0.39 is 17.7 Å². The van der Waals surface area contributed by atoms with Gasteiger partial charge in [0.1, 0.15) is 17.4 Å². The molecule has 1 amide bonds. The first kappa shape index (κ1) is 26.0. The Morgan fingerprint density at radius 1 is 1.25 bits per heavy atom. The Hall–Kier alpha value is -3.06. The molecule has 0 fully saturated rings. The largest absolute Gasteiger partial charge is 0.486 e. The number of nitrogens with one attached hydrogen (secondary N) is 1. The summed E-state index contributed by atoms with van der Waals surface area (Å²) < 4.78 is 50.9. The number of ether oxygens (including phenoxy) is 2. The molecule has 0 radical (unpaired) electrons. The quantitative estimate of drug-likeness (QED) is 0.306. The van der Waals surface area contributed by atoms with Crippen LogP contribution < -0.4 is 10.1 Å². The summed E-state index contributed by atoms with van der Waals surface area (Å²) in [4.78, 5) is 26.2. The molecule has 192 valence electrons. The van der Waals surface area contributed by atoms with Crippen LogP contribution in [0.15, 0.2) is 29.4 Å². The van der Waals surface area contributed by atoms with Crippen LogP contribution in [0.1, 0.15) is 45.5 Å². The third-order valence-corrected chi connectivity index (χ3v) is 7.67. The average Bonchev–Trinajstić information content (AvgIpc) is 3.51. The van der Waals surface area contributed by atoms with Gasteiger partial charge >= 0.3 is 12.1 Å². The van der Waals surface area contributed by atoms with Gasteiger partial charge in [-0.05, 0) is 49.9 Å². The molecule has 2 aromatic heterocycles. The van der Waals surface area contributed by atoms with Gasteiger partial charge < -0.3 is 19.4 Å². The number of carbonyl (C=O) groups excluding carboxylic acids is 2. The van der Waals surface area contributed by atoms with Gasteiger partial charge in [0, 0.05) is 11.9 Å². The Bertz CT molecular complexity index is 1270. The monoisotopic (exact) mass is 540 g/mol. The van der Waals surface area contributed by atoms with E-state index in [9.17, 15) is 22.8 Å². The summed E-state index contributed by atoms with van der Waals surface area (Å²) in [5.74, 6) is -0.282. The SMILES string of the molecule is CCOC(=O)c1c(NC(=O)CSc2nnc(COc3cccc(C(F)(F)F)c3)n2C)sc2c1CCC2. The van der Waals surface area contributed by atoms with Crippen LogP contribution in [0.4, 0.5) is 18.2 Å². The normalized spacial score (nSPS) is 12.9. The summed E-state index contributed by atoms with van der Waals surface area (Å²) in [7, 11) is 1.67. The number of fused-ring (bicyclic) bond motifs is 1. The van der Waals surface area contributed by atoms with Crippen molar-refractivity contribution in [1.82, 2.24) is 14.8 Å². The maximum absolute atomic E-state index is 12.9. The second-order valence-corrected chi connectivity index (χ2v) is 9.94. The smallest absolute Gasteiger partial charge is 0.416 e. The van der Waals surface area contributed by atoms with Crippen molar-refractivity contribution in [2.24, 2.45) is 7.05 Å². The number of aryl methyl sites for hydroxylation is 1. The molecule has 0 spiro atoms.